The minimum Gasteiger partial charge on any atom is -0.546 e. The van der Waals surface area contributed by atoms with Crippen molar-refractivity contribution in [1.29, 1.82) is 0 Å². The quantitative estimate of drug-likeness (QED) is 0.628. The molecule has 0 aliphatic heterocycles. The van der Waals surface area contributed by atoms with E-state index in [-0.39, 0.29) is 12.5 Å². The first-order valence-electron chi connectivity index (χ1n) is 7.97. The monoisotopic (exact) mass is 328 g/mol. The molecule has 0 saturated heterocycles. The Balaban J connectivity index is 1.72. The van der Waals surface area contributed by atoms with Gasteiger partial charge >= 0.3 is 0 Å². The first kappa shape index (κ1) is 18.0. The maximum absolute atomic E-state index is 10.3. The molecule has 0 amide bonds. The van der Waals surface area contributed by atoms with Crippen LogP contribution in [-0.2, 0) is 11.2 Å². The summed E-state index contributed by atoms with van der Waals surface area (Å²) in [7, 11) is 0. The maximum atomic E-state index is 10.3. The zero-order valence-corrected chi connectivity index (χ0v) is 13.5. The number of benzene rings is 2. The van der Waals surface area contributed by atoms with Crippen LogP contribution in [0, 0.1) is 0 Å². The van der Waals surface area contributed by atoms with E-state index < -0.39 is 12.6 Å². The standard InChI is InChI=1S/C19H23NO4/c21-13-17(16-4-2-1-3-5-16)12-20-11-10-15-6-8-18(9-7-15)24-14-19(22)23/h1-9,17,20-21H,10-14H2,(H,22,23)/p-1. The molecule has 5 nitrogen and oxygen atoms in total. The van der Waals surface area contributed by atoms with E-state index in [4.69, 9.17) is 4.74 Å². The average molecular weight is 328 g/mol. The molecular weight excluding hydrogens is 306 g/mol. The Labute approximate surface area is 141 Å². The molecule has 0 aliphatic rings. The summed E-state index contributed by atoms with van der Waals surface area (Å²) >= 11 is 0. The number of aliphatic hydroxyl groups is 1. The van der Waals surface area contributed by atoms with E-state index in [0.717, 1.165) is 24.1 Å². The molecule has 2 aromatic rings. The predicted octanol–water partition coefficient (Wildman–Crippen LogP) is 0.723. The van der Waals surface area contributed by atoms with Crippen LogP contribution in [0.1, 0.15) is 17.0 Å². The second kappa shape index (κ2) is 9.70. The van der Waals surface area contributed by atoms with Crippen LogP contribution in [-0.4, -0.2) is 37.4 Å². The molecule has 0 aromatic heterocycles. The summed E-state index contributed by atoms with van der Waals surface area (Å²) in [4.78, 5) is 10.3. The van der Waals surface area contributed by atoms with Gasteiger partial charge in [0.25, 0.3) is 0 Å². The van der Waals surface area contributed by atoms with Crippen molar-refractivity contribution in [1.82, 2.24) is 5.32 Å². The summed E-state index contributed by atoms with van der Waals surface area (Å²) in [5.41, 5.74) is 2.26. The first-order valence-corrected chi connectivity index (χ1v) is 7.97. The molecule has 2 rings (SSSR count). The van der Waals surface area contributed by atoms with Gasteiger partial charge in [0.1, 0.15) is 12.4 Å². The van der Waals surface area contributed by atoms with Crippen LogP contribution in [0.15, 0.2) is 54.6 Å². The van der Waals surface area contributed by atoms with Crippen molar-refractivity contribution in [3.63, 3.8) is 0 Å². The van der Waals surface area contributed by atoms with E-state index >= 15 is 0 Å². The molecule has 24 heavy (non-hydrogen) atoms. The van der Waals surface area contributed by atoms with E-state index in [2.05, 4.69) is 5.32 Å². The van der Waals surface area contributed by atoms with Crippen molar-refractivity contribution in [2.75, 3.05) is 26.3 Å². The molecule has 0 fully saturated rings. The number of carboxylic acid groups (broad SMARTS) is 1. The predicted molar refractivity (Wildman–Crippen MR) is 89.8 cm³/mol. The molecule has 0 heterocycles. The van der Waals surface area contributed by atoms with Crippen LogP contribution in [0.3, 0.4) is 0 Å². The number of aliphatic hydroxyl groups excluding tert-OH is 1. The van der Waals surface area contributed by atoms with Crippen LogP contribution < -0.4 is 15.2 Å². The molecule has 0 bridgehead atoms. The van der Waals surface area contributed by atoms with Gasteiger partial charge in [0, 0.05) is 12.5 Å². The molecule has 0 radical (unpaired) electrons. The number of carboxylic acids is 1. The minimum atomic E-state index is -1.24. The Morgan fingerprint density at radius 2 is 1.83 bits per heavy atom. The van der Waals surface area contributed by atoms with Crippen LogP contribution >= 0.6 is 0 Å². The lowest BCUT2D eigenvalue weighted by Gasteiger charge is -2.15. The minimum absolute atomic E-state index is 0.0894. The molecule has 5 heteroatoms. The Kier molecular flexibility index (Phi) is 7.26. The normalized spacial score (nSPS) is 11.9. The van der Waals surface area contributed by atoms with Crippen molar-refractivity contribution in [3.8, 4) is 5.75 Å². The van der Waals surface area contributed by atoms with Gasteiger partial charge in [0.2, 0.25) is 0 Å². The highest BCUT2D eigenvalue weighted by atomic mass is 16.5. The van der Waals surface area contributed by atoms with Crippen molar-refractivity contribution in [2.24, 2.45) is 0 Å². The summed E-state index contributed by atoms with van der Waals surface area (Å²) in [6, 6.07) is 17.3. The topological polar surface area (TPSA) is 81.6 Å². The van der Waals surface area contributed by atoms with Crippen molar-refractivity contribution in [3.05, 3.63) is 65.7 Å². The number of carbonyl (C=O) groups excluding carboxylic acids is 1. The van der Waals surface area contributed by atoms with Crippen LogP contribution in [0.2, 0.25) is 0 Å². The summed E-state index contributed by atoms with van der Waals surface area (Å²) in [5.74, 6) is -0.632. The summed E-state index contributed by atoms with van der Waals surface area (Å²) in [6.07, 6.45) is 0.841. The molecular formula is C19H22NO4-. The maximum Gasteiger partial charge on any atom is 0.128 e. The van der Waals surface area contributed by atoms with E-state index in [0.29, 0.717) is 12.3 Å². The fraction of sp³-hybridized carbons (Fsp3) is 0.316. The van der Waals surface area contributed by atoms with Crippen molar-refractivity contribution in [2.45, 2.75) is 12.3 Å². The fourth-order valence-electron chi connectivity index (χ4n) is 2.42. The largest absolute Gasteiger partial charge is 0.546 e. The lowest BCUT2D eigenvalue weighted by Crippen LogP contribution is -2.28. The third kappa shape index (κ3) is 6.02. The van der Waals surface area contributed by atoms with Gasteiger partial charge in [0.05, 0.1) is 12.6 Å². The van der Waals surface area contributed by atoms with Gasteiger partial charge < -0.3 is 25.1 Å². The third-order valence-electron chi connectivity index (χ3n) is 3.75. The Hall–Kier alpha value is -2.37. The summed E-state index contributed by atoms with van der Waals surface area (Å²) in [5, 5.41) is 23.2. The molecule has 2 N–H and O–H groups in total. The molecule has 0 saturated carbocycles. The average Bonchev–Trinajstić information content (AvgIpc) is 2.62. The molecule has 128 valence electrons. The highest BCUT2D eigenvalue weighted by Gasteiger charge is 2.09. The summed E-state index contributed by atoms with van der Waals surface area (Å²) < 4.78 is 5.04. The number of hydrogen-bond donors (Lipinski definition) is 2. The van der Waals surface area contributed by atoms with Crippen molar-refractivity contribution >= 4 is 5.97 Å². The second-order valence-electron chi connectivity index (χ2n) is 5.55. The Morgan fingerprint density at radius 3 is 2.46 bits per heavy atom. The van der Waals surface area contributed by atoms with Crippen molar-refractivity contribution < 1.29 is 19.7 Å². The number of rotatable bonds is 10. The van der Waals surface area contributed by atoms with E-state index in [1.54, 1.807) is 12.1 Å². The fourth-order valence-corrected chi connectivity index (χ4v) is 2.42. The van der Waals surface area contributed by atoms with Crippen LogP contribution in [0.4, 0.5) is 0 Å². The van der Waals surface area contributed by atoms with Crippen LogP contribution in [0.25, 0.3) is 0 Å². The Morgan fingerprint density at radius 1 is 1.12 bits per heavy atom. The SMILES string of the molecule is O=C([O-])COc1ccc(CCNCC(CO)c2ccccc2)cc1. The first-order chi connectivity index (χ1) is 11.7. The number of nitrogens with one attached hydrogen (secondary N) is 1. The highest BCUT2D eigenvalue weighted by Crippen LogP contribution is 2.14. The van der Waals surface area contributed by atoms with Gasteiger partial charge in [-0.2, -0.15) is 0 Å². The molecule has 1 atom stereocenters. The third-order valence-corrected chi connectivity index (χ3v) is 3.75. The molecule has 2 aromatic carbocycles. The van der Waals surface area contributed by atoms with Gasteiger partial charge in [-0.05, 0) is 36.2 Å². The van der Waals surface area contributed by atoms with Gasteiger partial charge in [-0.25, -0.2) is 0 Å². The molecule has 0 aliphatic carbocycles. The smallest absolute Gasteiger partial charge is 0.128 e. The zero-order valence-electron chi connectivity index (χ0n) is 13.5. The van der Waals surface area contributed by atoms with Gasteiger partial charge in [-0.1, -0.05) is 42.5 Å². The van der Waals surface area contributed by atoms with E-state index in [1.165, 1.54) is 0 Å². The zero-order chi connectivity index (χ0) is 17.2. The number of ether oxygens (including phenoxy) is 1. The Bertz CT molecular complexity index is 613. The van der Waals surface area contributed by atoms with E-state index in [9.17, 15) is 15.0 Å². The summed E-state index contributed by atoms with van der Waals surface area (Å²) in [6.45, 7) is 1.18. The number of carbonyl (C=O) groups is 1. The molecule has 1 unspecified atom stereocenters. The lowest BCUT2D eigenvalue weighted by molar-refractivity contribution is -0.307. The number of hydrogen-bond acceptors (Lipinski definition) is 5. The van der Waals surface area contributed by atoms with Gasteiger partial charge in [-0.3, -0.25) is 0 Å². The van der Waals surface area contributed by atoms with Gasteiger partial charge in [-0.15, -0.1) is 0 Å². The van der Waals surface area contributed by atoms with E-state index in [1.807, 2.05) is 42.5 Å². The second-order valence-corrected chi connectivity index (χ2v) is 5.55. The highest BCUT2D eigenvalue weighted by molar-refractivity contribution is 5.66. The number of aliphatic carboxylic acids is 1. The van der Waals surface area contributed by atoms with Gasteiger partial charge in [0.15, 0.2) is 0 Å². The van der Waals surface area contributed by atoms with Crippen LogP contribution in [0.5, 0.6) is 5.75 Å². The molecule has 0 spiro atoms. The lowest BCUT2D eigenvalue weighted by atomic mass is 10.00.